The summed E-state index contributed by atoms with van der Waals surface area (Å²) in [5.41, 5.74) is -2.82. The van der Waals surface area contributed by atoms with Crippen molar-refractivity contribution in [3.63, 3.8) is 0 Å². The molecule has 0 bridgehead atoms. The second-order valence-corrected chi connectivity index (χ2v) is 12.5. The van der Waals surface area contributed by atoms with Gasteiger partial charge in [-0.3, -0.25) is 19.1 Å². The Bertz CT molecular complexity index is 1960. The number of hydrogen-bond acceptors (Lipinski definition) is 6. The van der Waals surface area contributed by atoms with Gasteiger partial charge in [0.05, 0.1) is 28.0 Å². The van der Waals surface area contributed by atoms with Crippen LogP contribution in [0.5, 0.6) is 0 Å². The topological polar surface area (TPSA) is 94.6 Å². The summed E-state index contributed by atoms with van der Waals surface area (Å²) in [5.74, 6) is -11.9. The maximum atomic E-state index is 15.1. The van der Waals surface area contributed by atoms with Crippen molar-refractivity contribution >= 4 is 39.9 Å². The Morgan fingerprint density at radius 1 is 1.06 bits per heavy atom. The predicted molar refractivity (Wildman–Crippen MR) is 169 cm³/mol. The lowest BCUT2D eigenvalue weighted by Gasteiger charge is -2.45. The molecule has 1 amide bonds. The molecule has 0 unspecified atom stereocenters. The number of halogens is 6. The molecule has 5 rings (SSSR count). The van der Waals surface area contributed by atoms with Gasteiger partial charge >= 0.3 is 0 Å². The zero-order valence-electron chi connectivity index (χ0n) is 26.1. The molecule has 246 valence electrons. The second-order valence-electron chi connectivity index (χ2n) is 12.1. The highest BCUT2D eigenvalue weighted by Gasteiger charge is 2.38. The Morgan fingerprint density at radius 2 is 1.64 bits per heavy atom. The number of aliphatic imine (C=N–C) groups is 1. The number of fused-ring (bicyclic) bond motifs is 1. The number of pyridine rings is 2. The van der Waals surface area contributed by atoms with Crippen molar-refractivity contribution in [3.8, 4) is 17.3 Å². The molecule has 2 aromatic heterocycles. The normalized spacial score (nSPS) is 21.3. The van der Waals surface area contributed by atoms with Crippen molar-refractivity contribution in [2.45, 2.75) is 52.7 Å². The molecule has 0 saturated carbocycles. The fraction of sp³-hybridized carbons (Fsp3) is 0.364. The maximum Gasteiger partial charge on any atom is 0.272 e. The van der Waals surface area contributed by atoms with Gasteiger partial charge in [-0.2, -0.15) is 5.26 Å². The van der Waals surface area contributed by atoms with E-state index in [2.05, 4.69) is 16.6 Å². The van der Waals surface area contributed by atoms with Crippen LogP contribution >= 0.6 is 11.6 Å². The van der Waals surface area contributed by atoms with Crippen LogP contribution in [0.2, 0.25) is 5.02 Å². The zero-order chi connectivity index (χ0) is 34.6. The van der Waals surface area contributed by atoms with E-state index >= 15 is 8.78 Å². The SMILES string of the molecule is C=CC(=O)N1[C@H](C)CN(c2c(C#N)c(=O)n([C@H]3C(C(C)C)=NC=C[C@H]3C)c3nc(-c4c(F)c(F)c(F)c(F)c4F)c(Cl)cc23)C[C@@H]1C. The van der Waals surface area contributed by atoms with Gasteiger partial charge in [-0.1, -0.05) is 45.0 Å². The Labute approximate surface area is 272 Å². The second kappa shape index (κ2) is 12.6. The Kier molecular flexibility index (Phi) is 9.03. The highest BCUT2D eigenvalue weighted by atomic mass is 35.5. The fourth-order valence-electron chi connectivity index (χ4n) is 6.58. The van der Waals surface area contributed by atoms with E-state index in [0.29, 0.717) is 5.71 Å². The first-order valence-electron chi connectivity index (χ1n) is 14.8. The smallest absolute Gasteiger partial charge is 0.272 e. The molecule has 47 heavy (non-hydrogen) atoms. The van der Waals surface area contributed by atoms with Gasteiger partial charge in [0.15, 0.2) is 23.3 Å². The first-order valence-corrected chi connectivity index (χ1v) is 15.2. The Balaban J connectivity index is 1.91. The number of amides is 1. The number of nitrogens with zero attached hydrogens (tertiary/aromatic N) is 6. The van der Waals surface area contributed by atoms with E-state index in [0.717, 1.165) is 0 Å². The fourth-order valence-corrected chi connectivity index (χ4v) is 6.83. The molecule has 1 aromatic carbocycles. The van der Waals surface area contributed by atoms with Gasteiger partial charge in [0.1, 0.15) is 17.3 Å². The highest BCUT2D eigenvalue weighted by molar-refractivity contribution is 6.34. The van der Waals surface area contributed by atoms with Crippen molar-refractivity contribution in [1.82, 2.24) is 14.5 Å². The van der Waals surface area contributed by atoms with E-state index in [1.807, 2.05) is 19.9 Å². The van der Waals surface area contributed by atoms with Crippen LogP contribution in [-0.2, 0) is 4.79 Å². The van der Waals surface area contributed by atoms with E-state index in [-0.39, 0.29) is 47.2 Å². The average molecular weight is 673 g/mol. The van der Waals surface area contributed by atoms with Crippen LogP contribution < -0.4 is 10.5 Å². The molecule has 2 aliphatic heterocycles. The number of benzene rings is 1. The van der Waals surface area contributed by atoms with Crippen LogP contribution in [0, 0.1) is 52.3 Å². The number of aromatic nitrogens is 2. The molecule has 3 aromatic rings. The third-order valence-electron chi connectivity index (χ3n) is 8.62. The molecule has 4 atom stereocenters. The molecule has 1 saturated heterocycles. The molecule has 0 spiro atoms. The van der Waals surface area contributed by atoms with Crippen molar-refractivity contribution in [2.24, 2.45) is 16.8 Å². The predicted octanol–water partition coefficient (Wildman–Crippen LogP) is 6.70. The number of carbonyl (C=O) groups is 1. The number of rotatable bonds is 5. The summed E-state index contributed by atoms with van der Waals surface area (Å²) in [5, 5.41) is 10.1. The average Bonchev–Trinajstić information content (AvgIpc) is 3.02. The number of nitriles is 1. The minimum atomic E-state index is -2.35. The number of piperazine rings is 1. The lowest BCUT2D eigenvalue weighted by Crippen LogP contribution is -2.58. The maximum absolute atomic E-state index is 15.1. The van der Waals surface area contributed by atoms with Crippen LogP contribution in [0.4, 0.5) is 27.6 Å². The summed E-state index contributed by atoms with van der Waals surface area (Å²) in [7, 11) is 0. The third-order valence-corrected chi connectivity index (χ3v) is 8.90. The lowest BCUT2D eigenvalue weighted by molar-refractivity contribution is -0.130. The summed E-state index contributed by atoms with van der Waals surface area (Å²) in [6.07, 6.45) is 4.51. The first-order chi connectivity index (χ1) is 22.2. The van der Waals surface area contributed by atoms with Gasteiger partial charge in [0.2, 0.25) is 11.7 Å². The van der Waals surface area contributed by atoms with Gasteiger partial charge in [-0.15, -0.1) is 0 Å². The molecule has 4 heterocycles. The molecular formula is C33H30ClF5N6O2. The molecular weight excluding hydrogens is 643 g/mol. The van der Waals surface area contributed by atoms with E-state index < -0.39 is 75.0 Å². The van der Waals surface area contributed by atoms with Gasteiger partial charge < -0.3 is 9.80 Å². The van der Waals surface area contributed by atoms with Crippen molar-refractivity contribution < 1.29 is 26.7 Å². The molecule has 0 radical (unpaired) electrons. The minimum Gasteiger partial charge on any atom is -0.366 e. The van der Waals surface area contributed by atoms with E-state index in [1.165, 1.54) is 16.7 Å². The third kappa shape index (κ3) is 5.38. The standard InChI is InChI=1S/C33H30ClF5N6O2/c1-7-21(46)44-16(5)12-43(13-17(44)6)31-18-10-20(34)29(22-23(35)25(37)27(39)26(38)24(22)36)42-32(18)45(33(47)19(31)11-40)30-15(4)8-9-41-28(30)14(2)3/h7-10,14-17,30H,1,12-13H2,2-6H3/t15-,16-,17+,30-/m1/s1. The molecule has 0 N–H and O–H groups in total. The number of hydrogen-bond donors (Lipinski definition) is 0. The number of carbonyl (C=O) groups excluding carboxylic acids is 1. The zero-order valence-corrected chi connectivity index (χ0v) is 26.8. The van der Waals surface area contributed by atoms with Crippen molar-refractivity contribution in [1.29, 1.82) is 5.26 Å². The Hall–Kier alpha value is -4.57. The quantitative estimate of drug-likeness (QED) is 0.130. The lowest BCUT2D eigenvalue weighted by atomic mass is 9.88. The van der Waals surface area contributed by atoms with Crippen LogP contribution in [0.3, 0.4) is 0 Å². The molecule has 0 aliphatic carbocycles. The van der Waals surface area contributed by atoms with Gasteiger partial charge in [-0.05, 0) is 31.9 Å². The molecule has 14 heteroatoms. The van der Waals surface area contributed by atoms with Gasteiger partial charge in [-0.25, -0.2) is 26.9 Å². The number of anilines is 1. The van der Waals surface area contributed by atoms with Crippen LogP contribution in [-0.4, -0.2) is 51.2 Å². The summed E-state index contributed by atoms with van der Waals surface area (Å²) < 4.78 is 74.2. The summed E-state index contributed by atoms with van der Waals surface area (Å²) in [4.78, 5) is 39.3. The Morgan fingerprint density at radius 3 is 2.17 bits per heavy atom. The van der Waals surface area contributed by atoms with Gasteiger partial charge in [0.25, 0.3) is 5.56 Å². The summed E-state index contributed by atoms with van der Waals surface area (Å²) in [6.45, 7) is 13.0. The van der Waals surface area contributed by atoms with Crippen molar-refractivity contribution in [2.75, 3.05) is 18.0 Å². The monoisotopic (exact) mass is 672 g/mol. The van der Waals surface area contributed by atoms with Crippen molar-refractivity contribution in [3.05, 3.63) is 81.0 Å². The highest BCUT2D eigenvalue weighted by Crippen LogP contribution is 2.41. The number of allylic oxidation sites excluding steroid dienone is 1. The minimum absolute atomic E-state index is 0.105. The van der Waals surface area contributed by atoms with Crippen LogP contribution in [0.25, 0.3) is 22.3 Å². The van der Waals surface area contributed by atoms with E-state index in [1.54, 1.807) is 42.8 Å². The van der Waals surface area contributed by atoms with E-state index in [4.69, 9.17) is 11.6 Å². The van der Waals surface area contributed by atoms with Crippen LogP contribution in [0.15, 0.2) is 40.8 Å². The summed E-state index contributed by atoms with van der Waals surface area (Å²) in [6, 6.07) is 1.56. The molecule has 1 fully saturated rings. The van der Waals surface area contributed by atoms with Gasteiger partial charge in [0, 0.05) is 48.4 Å². The van der Waals surface area contributed by atoms with Crippen LogP contribution in [0.1, 0.15) is 46.2 Å². The molecule has 8 nitrogen and oxygen atoms in total. The molecule has 2 aliphatic rings. The van der Waals surface area contributed by atoms with E-state index in [9.17, 15) is 28.0 Å². The largest absolute Gasteiger partial charge is 0.366 e. The first kappa shape index (κ1) is 33.8. The summed E-state index contributed by atoms with van der Waals surface area (Å²) >= 11 is 6.54.